The Hall–Kier alpha value is -4.56. The number of nitrogens with one attached hydrogen (secondary N) is 2. The Balaban J connectivity index is 0.000000366. The van der Waals surface area contributed by atoms with Gasteiger partial charge >= 0.3 is 17.9 Å². The third-order valence-electron chi connectivity index (χ3n) is 6.02. The second-order valence-electron chi connectivity index (χ2n) is 9.17. The predicted octanol–water partition coefficient (Wildman–Crippen LogP) is 2.00. The molecular formula is C26H31FN4O9. The van der Waals surface area contributed by atoms with Crippen LogP contribution in [0.1, 0.15) is 40.9 Å². The fraction of sp³-hybridized carbons (Fsp3) is 0.346. The molecule has 3 aromatic rings. The topological polar surface area (TPSA) is 211 Å². The molecule has 0 spiro atoms. The largest absolute Gasteiger partial charge is 0.481 e. The molecule has 0 saturated carbocycles. The fourth-order valence-electron chi connectivity index (χ4n) is 3.89. The molecule has 0 aliphatic carbocycles. The lowest BCUT2D eigenvalue weighted by Gasteiger charge is -2.18. The van der Waals surface area contributed by atoms with E-state index in [-0.39, 0.29) is 5.82 Å². The number of nitrogens with zero attached hydrogens (tertiary/aromatic N) is 2. The number of anilines is 2. The van der Waals surface area contributed by atoms with E-state index in [1.807, 2.05) is 32.1 Å². The van der Waals surface area contributed by atoms with Crippen molar-refractivity contribution >= 4 is 40.8 Å². The first kappa shape index (κ1) is 31.7. The molecule has 0 fully saturated rings. The van der Waals surface area contributed by atoms with Gasteiger partial charge < -0.3 is 40.6 Å². The van der Waals surface area contributed by atoms with E-state index >= 15 is 0 Å². The van der Waals surface area contributed by atoms with Crippen LogP contribution < -0.4 is 10.6 Å². The summed E-state index contributed by atoms with van der Waals surface area (Å²) < 4.78 is 15.4. The zero-order chi connectivity index (χ0) is 30.4. The maximum absolute atomic E-state index is 13.5. The van der Waals surface area contributed by atoms with Gasteiger partial charge in [0, 0.05) is 18.4 Å². The number of aryl methyl sites for hydroxylation is 4. The van der Waals surface area contributed by atoms with Gasteiger partial charge in [0.1, 0.15) is 12.4 Å². The monoisotopic (exact) mass is 562 g/mol. The summed E-state index contributed by atoms with van der Waals surface area (Å²) in [4.78, 5) is 46.7. The van der Waals surface area contributed by atoms with E-state index in [1.165, 1.54) is 12.1 Å². The van der Waals surface area contributed by atoms with E-state index < -0.39 is 48.9 Å². The van der Waals surface area contributed by atoms with Crippen LogP contribution in [-0.2, 0) is 25.7 Å². The summed E-state index contributed by atoms with van der Waals surface area (Å²) in [6.45, 7) is 7.54. The molecule has 13 nitrogen and oxygen atoms in total. The Kier molecular flexibility index (Phi) is 10.3. The normalized spacial score (nSPS) is 11.0. The molecule has 2 heterocycles. The van der Waals surface area contributed by atoms with Crippen molar-refractivity contribution < 1.29 is 49.1 Å². The molecule has 0 saturated heterocycles. The van der Waals surface area contributed by atoms with E-state index in [1.54, 1.807) is 12.3 Å². The molecule has 2 aromatic heterocycles. The van der Waals surface area contributed by atoms with Crippen molar-refractivity contribution in [3.05, 3.63) is 58.3 Å². The van der Waals surface area contributed by atoms with E-state index in [2.05, 4.69) is 15.6 Å². The Labute approximate surface area is 227 Å². The number of pyridine rings is 1. The molecule has 3 rings (SSSR count). The number of hydrogen-bond acceptors (Lipinski definition) is 8. The first-order valence-corrected chi connectivity index (χ1v) is 11.9. The molecule has 40 heavy (non-hydrogen) atoms. The molecule has 1 aromatic carbocycles. The van der Waals surface area contributed by atoms with Crippen molar-refractivity contribution in [2.45, 2.75) is 52.7 Å². The highest BCUT2D eigenvalue weighted by Gasteiger charge is 2.40. The van der Waals surface area contributed by atoms with Crippen molar-refractivity contribution in [2.24, 2.45) is 0 Å². The SMILES string of the molecule is Cc1cc(F)cc(C)c1CNc1cc(NC(=O)CO)cn2c(C)c(C)nc12.O=C(O)CC(O)(CC(=O)O)C(=O)O. The number of carbonyl (C=O) groups excluding carboxylic acids is 1. The number of amides is 1. The number of aliphatic hydroxyl groups excluding tert-OH is 1. The number of imidazole rings is 1. The molecule has 14 heteroatoms. The molecule has 1 amide bonds. The van der Waals surface area contributed by atoms with Crippen LogP contribution in [0.25, 0.3) is 5.65 Å². The zero-order valence-corrected chi connectivity index (χ0v) is 22.3. The smallest absolute Gasteiger partial charge is 0.336 e. The van der Waals surface area contributed by atoms with Gasteiger partial charge in [0.05, 0.1) is 29.9 Å². The lowest BCUT2D eigenvalue weighted by Crippen LogP contribution is -2.42. The first-order valence-electron chi connectivity index (χ1n) is 11.9. The van der Waals surface area contributed by atoms with Gasteiger partial charge in [-0.2, -0.15) is 0 Å². The summed E-state index contributed by atoms with van der Waals surface area (Å²) in [5.74, 6) is -5.75. The van der Waals surface area contributed by atoms with Crippen molar-refractivity contribution in [1.82, 2.24) is 9.38 Å². The minimum atomic E-state index is -2.74. The quantitative estimate of drug-likeness (QED) is 0.190. The number of aliphatic hydroxyl groups is 2. The molecule has 0 bridgehead atoms. The molecule has 0 atom stereocenters. The van der Waals surface area contributed by atoms with Crippen molar-refractivity contribution in [3.8, 4) is 0 Å². The summed E-state index contributed by atoms with van der Waals surface area (Å²) in [6, 6.07) is 4.81. The number of rotatable bonds is 10. The number of aliphatic carboxylic acids is 3. The van der Waals surface area contributed by atoms with Crippen LogP contribution >= 0.6 is 0 Å². The first-order chi connectivity index (χ1) is 18.6. The number of aromatic nitrogens is 2. The third-order valence-corrected chi connectivity index (χ3v) is 6.02. The number of benzene rings is 1. The minimum Gasteiger partial charge on any atom is -0.481 e. The van der Waals surface area contributed by atoms with Crippen LogP contribution in [0.15, 0.2) is 24.4 Å². The van der Waals surface area contributed by atoms with Crippen LogP contribution in [0, 0.1) is 33.5 Å². The van der Waals surface area contributed by atoms with E-state index in [9.17, 15) is 23.6 Å². The Morgan fingerprint density at radius 1 is 0.975 bits per heavy atom. The van der Waals surface area contributed by atoms with Gasteiger partial charge in [0.25, 0.3) is 0 Å². The lowest BCUT2D eigenvalue weighted by atomic mass is 9.96. The average molecular weight is 563 g/mol. The van der Waals surface area contributed by atoms with E-state index in [4.69, 9.17) is 25.5 Å². The lowest BCUT2D eigenvalue weighted by molar-refractivity contribution is -0.170. The summed E-state index contributed by atoms with van der Waals surface area (Å²) in [7, 11) is 0. The summed E-state index contributed by atoms with van der Waals surface area (Å²) in [6.07, 6.45) is -0.513. The summed E-state index contributed by atoms with van der Waals surface area (Å²) in [5, 5.41) is 48.8. The van der Waals surface area contributed by atoms with Gasteiger partial charge in [0.15, 0.2) is 11.2 Å². The van der Waals surface area contributed by atoms with Crippen LogP contribution in [0.3, 0.4) is 0 Å². The van der Waals surface area contributed by atoms with Gasteiger partial charge in [-0.1, -0.05) is 0 Å². The van der Waals surface area contributed by atoms with Crippen LogP contribution in [0.5, 0.6) is 0 Å². The van der Waals surface area contributed by atoms with Crippen molar-refractivity contribution in [2.75, 3.05) is 17.2 Å². The van der Waals surface area contributed by atoms with E-state index in [0.717, 1.165) is 39.4 Å². The molecule has 0 radical (unpaired) electrons. The number of carbonyl (C=O) groups is 4. The predicted molar refractivity (Wildman–Crippen MR) is 141 cm³/mol. The number of carboxylic acids is 3. The standard InChI is InChI=1S/C20H23FN4O2.C6H8O7/c1-11-5-15(21)6-12(2)17(11)8-22-18-7-16(24-19(27)10-26)9-25-14(4)13(3)23-20(18)25;7-3(8)1-6(13,5(11)12)2-4(9)10/h5-7,9,22,26H,8,10H2,1-4H3,(H,24,27);13H,1-2H2,(H,7,8)(H,9,10)(H,11,12). The van der Waals surface area contributed by atoms with Crippen molar-refractivity contribution in [3.63, 3.8) is 0 Å². The number of fused-ring (bicyclic) bond motifs is 1. The van der Waals surface area contributed by atoms with Gasteiger partial charge in [-0.25, -0.2) is 14.2 Å². The highest BCUT2D eigenvalue weighted by atomic mass is 19.1. The fourth-order valence-corrected chi connectivity index (χ4v) is 3.89. The molecule has 0 unspecified atom stereocenters. The molecule has 0 aliphatic rings. The maximum atomic E-state index is 13.5. The highest BCUT2D eigenvalue weighted by molar-refractivity contribution is 5.92. The number of halogens is 1. The Morgan fingerprint density at radius 3 is 2.00 bits per heavy atom. The zero-order valence-electron chi connectivity index (χ0n) is 22.3. The van der Waals surface area contributed by atoms with Gasteiger partial charge in [-0.3, -0.25) is 14.4 Å². The second kappa shape index (κ2) is 13.0. The Morgan fingerprint density at radius 2 is 1.52 bits per heavy atom. The molecule has 216 valence electrons. The summed E-state index contributed by atoms with van der Waals surface area (Å²) >= 11 is 0. The minimum absolute atomic E-state index is 0.246. The number of carboxylic acid groups (broad SMARTS) is 3. The average Bonchev–Trinajstić information content (AvgIpc) is 3.11. The second-order valence-corrected chi connectivity index (χ2v) is 9.17. The molecule has 0 aliphatic heterocycles. The maximum Gasteiger partial charge on any atom is 0.336 e. The van der Waals surface area contributed by atoms with Gasteiger partial charge in [-0.15, -0.1) is 0 Å². The van der Waals surface area contributed by atoms with Gasteiger partial charge in [0.2, 0.25) is 5.91 Å². The van der Waals surface area contributed by atoms with E-state index in [0.29, 0.717) is 12.2 Å². The van der Waals surface area contributed by atoms with Crippen LogP contribution in [0.2, 0.25) is 0 Å². The molecule has 7 N–H and O–H groups in total. The highest BCUT2D eigenvalue weighted by Crippen LogP contribution is 2.26. The Bertz CT molecular complexity index is 1410. The summed E-state index contributed by atoms with van der Waals surface area (Å²) in [5.41, 5.74) is 3.90. The number of hydrogen-bond donors (Lipinski definition) is 7. The van der Waals surface area contributed by atoms with Crippen LogP contribution in [-0.4, -0.2) is 70.9 Å². The van der Waals surface area contributed by atoms with Crippen molar-refractivity contribution in [1.29, 1.82) is 0 Å². The van der Waals surface area contributed by atoms with Gasteiger partial charge in [-0.05, 0) is 62.6 Å². The van der Waals surface area contributed by atoms with Crippen LogP contribution in [0.4, 0.5) is 15.8 Å². The molecular weight excluding hydrogens is 531 g/mol. The third kappa shape index (κ3) is 7.97.